The molecule has 70 heavy (non-hydrogen) atoms. The van der Waals surface area contributed by atoms with Gasteiger partial charge in [0.15, 0.2) is 0 Å². The van der Waals surface area contributed by atoms with Crippen LogP contribution in [0.4, 0.5) is 28.8 Å². The molecule has 0 atom stereocenters. The van der Waals surface area contributed by atoms with E-state index in [2.05, 4.69) is 21.3 Å². The molecule has 20 heteroatoms. The van der Waals surface area contributed by atoms with E-state index in [1.54, 1.807) is 134 Å². The molecule has 0 unspecified atom stereocenters. The molecule has 0 aliphatic carbocycles. The molecule has 1 rings (SSSR count). The summed E-state index contributed by atoms with van der Waals surface area (Å²) in [5, 5.41) is 11.1. The molecule has 1 aromatic rings. The van der Waals surface area contributed by atoms with Gasteiger partial charge in [-0.15, -0.1) is 0 Å². The molecule has 402 valence electrons. The minimum Gasteiger partial charge on any atom is -0.444 e. The van der Waals surface area contributed by atoms with Crippen molar-refractivity contribution in [1.29, 1.82) is 0 Å². The lowest BCUT2D eigenvalue weighted by Gasteiger charge is -2.31. The normalized spacial score (nSPS) is 12.4. The number of carbonyl (C=O) groups excluding carboxylic acids is 6. The first kappa shape index (κ1) is 62.8. The van der Waals surface area contributed by atoms with Crippen molar-refractivity contribution >= 4 is 36.6 Å². The van der Waals surface area contributed by atoms with E-state index in [0.29, 0.717) is 39.3 Å². The largest absolute Gasteiger partial charge is 0.444 e. The highest BCUT2D eigenvalue weighted by Gasteiger charge is 2.26. The van der Waals surface area contributed by atoms with Gasteiger partial charge in [0.25, 0.3) is 0 Å². The molecular formula is C50H90N8O12. The van der Waals surface area contributed by atoms with Crippen molar-refractivity contribution in [3.8, 4) is 0 Å². The van der Waals surface area contributed by atoms with Gasteiger partial charge in [0.1, 0.15) is 33.6 Å². The Kier molecular flexibility index (Phi) is 25.1. The monoisotopic (exact) mass is 995 g/mol. The van der Waals surface area contributed by atoms with Gasteiger partial charge in [-0.1, -0.05) is 24.3 Å². The second kappa shape index (κ2) is 28.0. The molecule has 1 aromatic carbocycles. The van der Waals surface area contributed by atoms with Crippen LogP contribution >= 0.6 is 0 Å². The van der Waals surface area contributed by atoms with Crippen LogP contribution in [0.2, 0.25) is 0 Å². The Morgan fingerprint density at radius 3 is 0.757 bits per heavy atom. The summed E-state index contributed by atoms with van der Waals surface area (Å²) >= 11 is 0. The minimum atomic E-state index is -0.766. The average Bonchev–Trinajstić information content (AvgIpc) is 3.13. The van der Waals surface area contributed by atoms with E-state index >= 15 is 0 Å². The van der Waals surface area contributed by atoms with Gasteiger partial charge < -0.3 is 59.5 Å². The van der Waals surface area contributed by atoms with Crippen LogP contribution in [0.15, 0.2) is 24.3 Å². The first-order valence-electron chi connectivity index (χ1n) is 24.2. The minimum absolute atomic E-state index is 0.203. The fourth-order valence-electron chi connectivity index (χ4n) is 6.03. The number of rotatable bonds is 22. The first-order valence-corrected chi connectivity index (χ1v) is 24.2. The highest BCUT2D eigenvalue weighted by atomic mass is 16.6. The highest BCUT2D eigenvalue weighted by molar-refractivity contribution is 5.70. The van der Waals surface area contributed by atoms with Gasteiger partial charge in [-0.05, 0) is 136 Å². The van der Waals surface area contributed by atoms with Gasteiger partial charge >= 0.3 is 36.6 Å². The highest BCUT2D eigenvalue weighted by Crippen LogP contribution is 2.17. The molecule has 0 saturated carbocycles. The standard InChI is InChI=1S/C50H90N8O12/c1-45(2,3)65-39(59)51-23-27-55(28-24-52-40(60)66-46(4,5)6)31-33-57(43(63)69-49(13,14)15)35-37-19-21-38(22-20-37)36-58(44(64)70-50(16,17)18)34-32-56(29-25-53-41(61)67-47(7,8)9)30-26-54-42(62)68-48(10,11)12/h19-22H,23-36H2,1-18H3,(H,51,59)(H,52,60)(H,53,61)(H,54,62). The third-order valence-corrected chi connectivity index (χ3v) is 8.83. The summed E-state index contributed by atoms with van der Waals surface area (Å²) in [6.45, 7) is 36.4. The summed E-state index contributed by atoms with van der Waals surface area (Å²) in [7, 11) is 0. The molecule has 0 aromatic heterocycles. The number of amides is 6. The van der Waals surface area contributed by atoms with E-state index < -0.39 is 70.2 Å². The fourth-order valence-corrected chi connectivity index (χ4v) is 6.03. The van der Waals surface area contributed by atoms with E-state index in [-0.39, 0.29) is 52.4 Å². The third kappa shape index (κ3) is 33.3. The molecule has 0 spiro atoms. The van der Waals surface area contributed by atoms with Crippen LogP contribution in [0, 0.1) is 0 Å². The van der Waals surface area contributed by atoms with E-state index in [1.807, 2.05) is 34.1 Å². The predicted molar refractivity (Wildman–Crippen MR) is 270 cm³/mol. The maximum Gasteiger partial charge on any atom is 0.410 e. The van der Waals surface area contributed by atoms with Gasteiger partial charge in [0.05, 0.1) is 0 Å². The van der Waals surface area contributed by atoms with Gasteiger partial charge in [-0.25, -0.2) is 28.8 Å². The van der Waals surface area contributed by atoms with Crippen molar-refractivity contribution < 1.29 is 57.2 Å². The lowest BCUT2D eigenvalue weighted by atomic mass is 10.1. The van der Waals surface area contributed by atoms with Gasteiger partial charge in [-0.3, -0.25) is 9.80 Å². The number of hydrogen-bond donors (Lipinski definition) is 4. The van der Waals surface area contributed by atoms with Gasteiger partial charge in [0, 0.05) is 91.6 Å². The molecule has 4 N–H and O–H groups in total. The zero-order valence-corrected chi connectivity index (χ0v) is 45.9. The summed E-state index contributed by atoms with van der Waals surface area (Å²) in [4.78, 5) is 84.3. The number of carbonyl (C=O) groups is 6. The molecule has 0 bridgehead atoms. The molecule has 0 aliphatic rings. The molecule has 0 radical (unpaired) electrons. The first-order chi connectivity index (χ1) is 31.9. The van der Waals surface area contributed by atoms with E-state index in [1.165, 1.54) is 0 Å². The van der Waals surface area contributed by atoms with Crippen LogP contribution in [-0.4, -0.2) is 168 Å². The third-order valence-electron chi connectivity index (χ3n) is 8.83. The number of nitrogens with one attached hydrogen (secondary N) is 4. The summed E-state index contributed by atoms with van der Waals surface area (Å²) in [6.07, 6.45) is -3.24. The Hall–Kier alpha value is -5.24. The zero-order chi connectivity index (χ0) is 53.7. The van der Waals surface area contributed by atoms with E-state index in [0.717, 1.165) is 11.1 Å². The Bertz CT molecular complexity index is 1590. The van der Waals surface area contributed by atoms with Crippen LogP contribution in [-0.2, 0) is 41.5 Å². The van der Waals surface area contributed by atoms with E-state index in [9.17, 15) is 28.8 Å². The topological polar surface area (TPSA) is 219 Å². The van der Waals surface area contributed by atoms with Crippen molar-refractivity contribution in [3.05, 3.63) is 35.4 Å². The Morgan fingerprint density at radius 1 is 0.343 bits per heavy atom. The molecule has 0 saturated heterocycles. The number of alkyl carbamates (subject to hydrolysis) is 4. The fraction of sp³-hybridized carbons (Fsp3) is 0.760. The van der Waals surface area contributed by atoms with E-state index in [4.69, 9.17) is 28.4 Å². The van der Waals surface area contributed by atoms with Crippen molar-refractivity contribution in [2.75, 3.05) is 78.5 Å². The second-order valence-electron chi connectivity index (χ2n) is 23.0. The lowest BCUT2D eigenvalue weighted by Crippen LogP contribution is -2.45. The summed E-state index contributed by atoms with van der Waals surface area (Å²) in [5.74, 6) is 0. The van der Waals surface area contributed by atoms with Crippen molar-refractivity contribution in [3.63, 3.8) is 0 Å². The van der Waals surface area contributed by atoms with Gasteiger partial charge in [-0.2, -0.15) is 0 Å². The lowest BCUT2D eigenvalue weighted by molar-refractivity contribution is 0.0202. The van der Waals surface area contributed by atoms with Crippen LogP contribution in [0.5, 0.6) is 0 Å². The van der Waals surface area contributed by atoms with Crippen molar-refractivity contribution in [2.24, 2.45) is 0 Å². The summed E-state index contributed by atoms with van der Waals surface area (Å²) in [6, 6.07) is 7.57. The van der Waals surface area contributed by atoms with Crippen LogP contribution in [0.3, 0.4) is 0 Å². The summed E-state index contributed by atoms with van der Waals surface area (Å²) < 4.78 is 33.2. The number of ether oxygens (including phenoxy) is 6. The number of nitrogens with zero attached hydrogens (tertiary/aromatic N) is 4. The van der Waals surface area contributed by atoms with Crippen molar-refractivity contribution in [1.82, 2.24) is 40.9 Å². The average molecular weight is 995 g/mol. The number of hydrogen-bond acceptors (Lipinski definition) is 14. The van der Waals surface area contributed by atoms with Crippen LogP contribution in [0.1, 0.15) is 136 Å². The summed E-state index contributed by atoms with van der Waals surface area (Å²) in [5.41, 5.74) is -2.57. The Labute approximate surface area is 418 Å². The predicted octanol–water partition coefficient (Wildman–Crippen LogP) is 7.86. The Balaban J connectivity index is 3.31. The number of benzene rings is 1. The quantitative estimate of drug-likeness (QED) is 0.0814. The molecular weight excluding hydrogens is 905 g/mol. The van der Waals surface area contributed by atoms with Crippen LogP contribution in [0.25, 0.3) is 0 Å². The second-order valence-corrected chi connectivity index (χ2v) is 23.0. The SMILES string of the molecule is CC(C)(C)OC(=O)NCCN(CCNC(=O)OC(C)(C)C)CCN(Cc1ccc(CN(CCN(CCNC(=O)OC(C)(C)C)CCNC(=O)OC(C)(C)C)C(=O)OC(C)(C)C)cc1)C(=O)OC(C)(C)C. The van der Waals surface area contributed by atoms with Crippen molar-refractivity contribution in [2.45, 2.75) is 171 Å². The Morgan fingerprint density at radius 2 is 0.557 bits per heavy atom. The van der Waals surface area contributed by atoms with Crippen LogP contribution < -0.4 is 21.3 Å². The molecule has 0 aliphatic heterocycles. The maximum absolute atomic E-state index is 13.7. The molecule has 0 fully saturated rings. The zero-order valence-electron chi connectivity index (χ0n) is 45.9. The maximum atomic E-state index is 13.7. The van der Waals surface area contributed by atoms with Gasteiger partial charge in [0.2, 0.25) is 0 Å². The molecule has 20 nitrogen and oxygen atoms in total. The molecule has 6 amide bonds. The molecule has 0 heterocycles. The smallest absolute Gasteiger partial charge is 0.410 e.